The van der Waals surface area contributed by atoms with E-state index in [-0.39, 0.29) is 13.2 Å². The van der Waals surface area contributed by atoms with Crippen LogP contribution in [0.15, 0.2) is 24.3 Å². The zero-order chi connectivity index (χ0) is 16.2. The molecule has 0 bridgehead atoms. The number of carbonyl (C=O) groups is 1. The number of hydrogen-bond acceptors (Lipinski definition) is 6. The van der Waals surface area contributed by atoms with E-state index in [1.54, 1.807) is 25.1 Å². The fourth-order valence-corrected chi connectivity index (χ4v) is 3.77. The van der Waals surface area contributed by atoms with Crippen LogP contribution in [0.4, 0.5) is 5.69 Å². The van der Waals surface area contributed by atoms with Crippen molar-refractivity contribution in [2.45, 2.75) is 25.6 Å². The van der Waals surface area contributed by atoms with E-state index in [1.165, 1.54) is 0 Å². The summed E-state index contributed by atoms with van der Waals surface area (Å²) in [5.41, 5.74) is 6.85. The number of esters is 1. The third-order valence-electron chi connectivity index (χ3n) is 3.45. The van der Waals surface area contributed by atoms with Gasteiger partial charge in [-0.3, -0.25) is 14.9 Å². The van der Waals surface area contributed by atoms with Gasteiger partial charge in [0, 0.05) is 12.2 Å². The van der Waals surface area contributed by atoms with Gasteiger partial charge in [0.05, 0.1) is 6.61 Å². The number of nitrogens with one attached hydrogen (secondary N) is 3. The zero-order valence-electron chi connectivity index (χ0n) is 12.6. The molecule has 1 aliphatic heterocycles. The molecule has 22 heavy (non-hydrogen) atoms. The van der Waals surface area contributed by atoms with Gasteiger partial charge in [-0.25, -0.2) is 13.8 Å². The summed E-state index contributed by atoms with van der Waals surface area (Å²) >= 11 is 0. The highest BCUT2D eigenvalue weighted by Crippen LogP contribution is 2.20. The highest BCUT2D eigenvalue weighted by molar-refractivity contribution is 7.93. The Labute approximate surface area is 130 Å². The molecule has 0 saturated carbocycles. The maximum atomic E-state index is 12.5. The van der Waals surface area contributed by atoms with Crippen molar-refractivity contribution in [1.29, 1.82) is 0 Å². The van der Waals surface area contributed by atoms with Crippen LogP contribution in [0, 0.1) is 5.92 Å². The minimum atomic E-state index is -3.77. The third-order valence-corrected chi connectivity index (χ3v) is 5.09. The smallest absolute Gasteiger partial charge is 0.313 e. The van der Waals surface area contributed by atoms with Crippen LogP contribution in [0.5, 0.6) is 0 Å². The van der Waals surface area contributed by atoms with Gasteiger partial charge in [-0.1, -0.05) is 19.1 Å². The summed E-state index contributed by atoms with van der Waals surface area (Å²) in [6.07, 6.45) is 0.810. The number of carbonyl (C=O) groups excluding carboxylic acids is 1. The molecule has 1 saturated heterocycles. The normalized spacial score (nSPS) is 21.5. The molecule has 1 heterocycles. The largest absolute Gasteiger partial charge is 0.466 e. The molecule has 0 amide bonds. The molecule has 1 fully saturated rings. The first-order valence-electron chi connectivity index (χ1n) is 7.23. The molecule has 2 rings (SSSR count). The van der Waals surface area contributed by atoms with Gasteiger partial charge in [0.25, 0.3) is 10.0 Å². The Morgan fingerprint density at radius 2 is 2.18 bits per heavy atom. The second-order valence-corrected chi connectivity index (χ2v) is 6.81. The molecular weight excluding hydrogens is 306 g/mol. The molecule has 0 spiro atoms. The van der Waals surface area contributed by atoms with Gasteiger partial charge in [-0.05, 0) is 31.0 Å². The Morgan fingerprint density at radius 1 is 1.41 bits per heavy atom. The van der Waals surface area contributed by atoms with Crippen LogP contribution in [-0.2, 0) is 26.0 Å². The van der Waals surface area contributed by atoms with Gasteiger partial charge in [0.1, 0.15) is 5.92 Å². The van der Waals surface area contributed by atoms with Crippen molar-refractivity contribution in [2.24, 2.45) is 5.92 Å². The highest BCUT2D eigenvalue weighted by Gasteiger charge is 2.42. The molecule has 122 valence electrons. The van der Waals surface area contributed by atoms with Crippen molar-refractivity contribution >= 4 is 21.7 Å². The molecule has 7 nitrogen and oxygen atoms in total. The Balaban J connectivity index is 2.16. The lowest BCUT2D eigenvalue weighted by molar-refractivity contribution is -0.147. The van der Waals surface area contributed by atoms with Gasteiger partial charge >= 0.3 is 5.97 Å². The van der Waals surface area contributed by atoms with E-state index >= 15 is 0 Å². The quantitative estimate of drug-likeness (QED) is 0.662. The van der Waals surface area contributed by atoms with Crippen molar-refractivity contribution in [3.8, 4) is 0 Å². The number of benzene rings is 1. The molecule has 2 unspecified atom stereocenters. The van der Waals surface area contributed by atoms with Gasteiger partial charge < -0.3 is 4.74 Å². The number of aryl methyl sites for hydroxylation is 1. The standard InChI is InChI=1S/C14H21N3O4S/c1-3-10-6-5-7-11(8-10)17-22(19,20)13-12(9-15-16-13)14(18)21-4-2/h5-8,12-13,15-17H,3-4,9H2,1-2H3. The molecule has 0 aromatic heterocycles. The Bertz CT molecular complexity index is 633. The van der Waals surface area contributed by atoms with Crippen molar-refractivity contribution < 1.29 is 17.9 Å². The number of rotatable bonds is 6. The van der Waals surface area contributed by atoms with E-state index in [9.17, 15) is 13.2 Å². The molecule has 0 radical (unpaired) electrons. The molecule has 2 atom stereocenters. The van der Waals surface area contributed by atoms with Crippen molar-refractivity contribution in [2.75, 3.05) is 17.9 Å². The van der Waals surface area contributed by atoms with Gasteiger partial charge in [0.2, 0.25) is 0 Å². The summed E-state index contributed by atoms with van der Waals surface area (Å²) in [7, 11) is -3.77. The summed E-state index contributed by atoms with van der Waals surface area (Å²) in [6, 6.07) is 7.17. The first kappa shape index (κ1) is 16.7. The minimum Gasteiger partial charge on any atom is -0.466 e. The molecule has 3 N–H and O–H groups in total. The Hall–Kier alpha value is -1.64. The molecule has 1 aliphatic rings. The first-order valence-corrected chi connectivity index (χ1v) is 8.78. The monoisotopic (exact) mass is 327 g/mol. The van der Waals surface area contributed by atoms with E-state index in [2.05, 4.69) is 15.6 Å². The number of anilines is 1. The van der Waals surface area contributed by atoms with Gasteiger partial charge in [-0.2, -0.15) is 0 Å². The van der Waals surface area contributed by atoms with E-state index in [0.29, 0.717) is 5.69 Å². The van der Waals surface area contributed by atoms with Crippen molar-refractivity contribution in [1.82, 2.24) is 10.9 Å². The number of hydrazine groups is 1. The average molecular weight is 327 g/mol. The van der Waals surface area contributed by atoms with E-state index in [1.807, 2.05) is 13.0 Å². The lowest BCUT2D eigenvalue weighted by Crippen LogP contribution is -2.44. The minimum absolute atomic E-state index is 0.208. The average Bonchev–Trinajstić information content (AvgIpc) is 2.97. The van der Waals surface area contributed by atoms with Crippen LogP contribution in [0.3, 0.4) is 0 Å². The molecule has 0 aliphatic carbocycles. The van der Waals surface area contributed by atoms with Crippen LogP contribution < -0.4 is 15.6 Å². The first-order chi connectivity index (χ1) is 10.5. The molecule has 8 heteroatoms. The predicted molar refractivity (Wildman–Crippen MR) is 83.4 cm³/mol. The third kappa shape index (κ3) is 3.76. The Kier molecular flexibility index (Phi) is 5.38. The maximum absolute atomic E-state index is 12.5. The summed E-state index contributed by atoms with van der Waals surface area (Å²) in [5.74, 6) is -1.32. The SMILES string of the molecule is CCOC(=O)C1CNNC1S(=O)(=O)Nc1cccc(CC)c1. The van der Waals surface area contributed by atoms with Crippen LogP contribution >= 0.6 is 0 Å². The molecular formula is C14H21N3O4S. The second-order valence-electron chi connectivity index (χ2n) is 5.01. The Morgan fingerprint density at radius 3 is 2.86 bits per heavy atom. The predicted octanol–water partition coefficient (Wildman–Crippen LogP) is 0.604. The topological polar surface area (TPSA) is 96.5 Å². The van der Waals surface area contributed by atoms with Crippen LogP contribution in [0.25, 0.3) is 0 Å². The zero-order valence-corrected chi connectivity index (χ0v) is 13.4. The second kappa shape index (κ2) is 7.08. The van der Waals surface area contributed by atoms with Crippen molar-refractivity contribution in [3.05, 3.63) is 29.8 Å². The lowest BCUT2D eigenvalue weighted by atomic mass is 10.1. The summed E-state index contributed by atoms with van der Waals surface area (Å²) < 4.78 is 32.4. The molecule has 1 aromatic rings. The molecule has 1 aromatic carbocycles. The van der Waals surface area contributed by atoms with E-state index in [4.69, 9.17) is 4.74 Å². The van der Waals surface area contributed by atoms with Crippen molar-refractivity contribution in [3.63, 3.8) is 0 Å². The van der Waals surface area contributed by atoms with E-state index < -0.39 is 27.3 Å². The van der Waals surface area contributed by atoms with Gasteiger partial charge in [0.15, 0.2) is 5.37 Å². The van der Waals surface area contributed by atoms with E-state index in [0.717, 1.165) is 12.0 Å². The fraction of sp³-hybridized carbons (Fsp3) is 0.500. The van der Waals surface area contributed by atoms with Crippen LogP contribution in [0.2, 0.25) is 0 Å². The summed E-state index contributed by atoms with van der Waals surface area (Å²) in [4.78, 5) is 11.9. The summed E-state index contributed by atoms with van der Waals surface area (Å²) in [5, 5.41) is -1.07. The number of ether oxygens (including phenoxy) is 1. The van der Waals surface area contributed by atoms with Crippen LogP contribution in [-0.4, -0.2) is 32.9 Å². The van der Waals surface area contributed by atoms with Crippen LogP contribution in [0.1, 0.15) is 19.4 Å². The number of hydrogen-bond donors (Lipinski definition) is 3. The fourth-order valence-electron chi connectivity index (χ4n) is 2.31. The summed E-state index contributed by atoms with van der Waals surface area (Å²) in [6.45, 7) is 4.10. The highest BCUT2D eigenvalue weighted by atomic mass is 32.2. The number of sulfonamides is 1. The lowest BCUT2D eigenvalue weighted by Gasteiger charge is -2.19. The maximum Gasteiger partial charge on any atom is 0.313 e. The van der Waals surface area contributed by atoms with Gasteiger partial charge in [-0.15, -0.1) is 0 Å².